The molecule has 0 spiro atoms. The van der Waals surface area contributed by atoms with Gasteiger partial charge in [0.15, 0.2) is 0 Å². The lowest BCUT2D eigenvalue weighted by Gasteiger charge is -2.12. The van der Waals surface area contributed by atoms with Gasteiger partial charge in [-0.2, -0.15) is 5.10 Å². The average molecular weight is 355 g/mol. The molecule has 1 heterocycles. The summed E-state index contributed by atoms with van der Waals surface area (Å²) < 4.78 is 13.9. The van der Waals surface area contributed by atoms with Crippen LogP contribution in [0.25, 0.3) is 0 Å². The zero-order valence-electron chi connectivity index (χ0n) is 12.4. The van der Waals surface area contributed by atoms with Crippen molar-refractivity contribution in [1.82, 2.24) is 9.78 Å². The zero-order valence-corrected chi connectivity index (χ0v) is 14.0. The predicted molar refractivity (Wildman–Crippen MR) is 83.6 cm³/mol. The molecule has 2 rings (SSSR count). The van der Waals surface area contributed by atoms with Crippen LogP contribution in [-0.4, -0.2) is 22.0 Å². The SMILES string of the molecule is CCn1nc(C)c(Br)c1COc1ccc(OC)cc1CO. The van der Waals surface area contributed by atoms with E-state index >= 15 is 0 Å². The third kappa shape index (κ3) is 3.39. The fourth-order valence-electron chi connectivity index (χ4n) is 2.10. The van der Waals surface area contributed by atoms with E-state index in [2.05, 4.69) is 21.0 Å². The minimum atomic E-state index is -0.0974. The van der Waals surface area contributed by atoms with Gasteiger partial charge in [-0.15, -0.1) is 0 Å². The van der Waals surface area contributed by atoms with Crippen molar-refractivity contribution in [2.24, 2.45) is 0 Å². The third-order valence-corrected chi connectivity index (χ3v) is 4.29. The summed E-state index contributed by atoms with van der Waals surface area (Å²) in [5.74, 6) is 1.34. The van der Waals surface area contributed by atoms with Crippen LogP contribution in [0.5, 0.6) is 11.5 Å². The Morgan fingerprint density at radius 1 is 1.38 bits per heavy atom. The van der Waals surface area contributed by atoms with Crippen molar-refractivity contribution in [3.63, 3.8) is 0 Å². The molecule has 0 bridgehead atoms. The van der Waals surface area contributed by atoms with Crippen LogP contribution in [0.4, 0.5) is 0 Å². The average Bonchev–Trinajstić information content (AvgIpc) is 2.79. The van der Waals surface area contributed by atoms with E-state index < -0.39 is 0 Å². The van der Waals surface area contributed by atoms with Crippen LogP contribution >= 0.6 is 15.9 Å². The van der Waals surface area contributed by atoms with Gasteiger partial charge in [0.2, 0.25) is 0 Å². The summed E-state index contributed by atoms with van der Waals surface area (Å²) in [6.07, 6.45) is 0. The second-order valence-electron chi connectivity index (χ2n) is 4.58. The van der Waals surface area contributed by atoms with Gasteiger partial charge >= 0.3 is 0 Å². The van der Waals surface area contributed by atoms with Gasteiger partial charge in [-0.3, -0.25) is 4.68 Å². The second kappa shape index (κ2) is 6.95. The Kier molecular flexibility index (Phi) is 5.25. The van der Waals surface area contributed by atoms with E-state index in [4.69, 9.17) is 9.47 Å². The van der Waals surface area contributed by atoms with E-state index in [-0.39, 0.29) is 6.61 Å². The molecule has 0 fully saturated rings. The maximum Gasteiger partial charge on any atom is 0.131 e. The number of aliphatic hydroxyl groups excluding tert-OH is 1. The largest absolute Gasteiger partial charge is 0.497 e. The summed E-state index contributed by atoms with van der Waals surface area (Å²) >= 11 is 3.54. The van der Waals surface area contributed by atoms with Gasteiger partial charge in [-0.25, -0.2) is 0 Å². The number of aliphatic hydroxyl groups is 1. The number of aromatic nitrogens is 2. The maximum atomic E-state index is 9.43. The van der Waals surface area contributed by atoms with E-state index in [0.29, 0.717) is 23.7 Å². The van der Waals surface area contributed by atoms with E-state index in [9.17, 15) is 5.11 Å². The van der Waals surface area contributed by atoms with Crippen LogP contribution < -0.4 is 9.47 Å². The number of aryl methyl sites for hydroxylation is 2. The van der Waals surface area contributed by atoms with Crippen LogP contribution in [0.15, 0.2) is 22.7 Å². The molecule has 5 nitrogen and oxygen atoms in total. The molecule has 114 valence electrons. The van der Waals surface area contributed by atoms with Crippen molar-refractivity contribution in [3.8, 4) is 11.5 Å². The zero-order chi connectivity index (χ0) is 15.4. The molecule has 0 radical (unpaired) electrons. The van der Waals surface area contributed by atoms with Gasteiger partial charge in [0.1, 0.15) is 18.1 Å². The lowest BCUT2D eigenvalue weighted by atomic mass is 10.2. The molecule has 0 aliphatic carbocycles. The predicted octanol–water partition coefficient (Wildman–Crippen LogP) is 3.05. The first-order valence-electron chi connectivity index (χ1n) is 6.73. The highest BCUT2D eigenvalue weighted by Crippen LogP contribution is 2.27. The van der Waals surface area contributed by atoms with Gasteiger partial charge in [0.05, 0.1) is 29.6 Å². The number of rotatable bonds is 6. The summed E-state index contributed by atoms with van der Waals surface area (Å²) in [5.41, 5.74) is 2.62. The minimum Gasteiger partial charge on any atom is -0.497 e. The van der Waals surface area contributed by atoms with Crippen LogP contribution in [0.2, 0.25) is 0 Å². The molecule has 1 aromatic carbocycles. The number of ether oxygens (including phenoxy) is 2. The normalized spacial score (nSPS) is 10.7. The molecule has 0 unspecified atom stereocenters. The molecule has 0 amide bonds. The lowest BCUT2D eigenvalue weighted by Crippen LogP contribution is -2.07. The van der Waals surface area contributed by atoms with Crippen molar-refractivity contribution in [3.05, 3.63) is 39.6 Å². The van der Waals surface area contributed by atoms with Crippen molar-refractivity contribution in [2.45, 2.75) is 33.6 Å². The first-order valence-corrected chi connectivity index (χ1v) is 7.52. The summed E-state index contributed by atoms with van der Waals surface area (Å²) in [6.45, 7) is 5.05. The molecule has 1 N–H and O–H groups in total. The molecule has 0 aliphatic heterocycles. The summed E-state index contributed by atoms with van der Waals surface area (Å²) in [6, 6.07) is 5.39. The molecule has 0 saturated heterocycles. The smallest absolute Gasteiger partial charge is 0.131 e. The Morgan fingerprint density at radius 2 is 2.14 bits per heavy atom. The van der Waals surface area contributed by atoms with Gasteiger partial charge in [-0.05, 0) is 48.0 Å². The molecular weight excluding hydrogens is 336 g/mol. The molecule has 6 heteroatoms. The number of halogens is 1. The highest BCUT2D eigenvalue weighted by Gasteiger charge is 2.13. The molecular formula is C15H19BrN2O3. The summed E-state index contributed by atoms with van der Waals surface area (Å²) in [4.78, 5) is 0. The highest BCUT2D eigenvalue weighted by atomic mass is 79.9. The quantitative estimate of drug-likeness (QED) is 0.865. The van der Waals surface area contributed by atoms with E-state index in [1.165, 1.54) is 0 Å². The number of nitrogens with zero attached hydrogens (tertiary/aromatic N) is 2. The molecule has 21 heavy (non-hydrogen) atoms. The van der Waals surface area contributed by atoms with E-state index in [1.807, 2.05) is 24.6 Å². The number of hydrogen-bond donors (Lipinski definition) is 1. The fraction of sp³-hybridized carbons (Fsp3) is 0.400. The molecule has 2 aromatic rings. The molecule has 0 aliphatic rings. The minimum absolute atomic E-state index is 0.0974. The summed E-state index contributed by atoms with van der Waals surface area (Å²) in [5, 5.41) is 13.9. The second-order valence-corrected chi connectivity index (χ2v) is 5.38. The van der Waals surface area contributed by atoms with Crippen LogP contribution in [0, 0.1) is 6.92 Å². The highest BCUT2D eigenvalue weighted by molar-refractivity contribution is 9.10. The van der Waals surface area contributed by atoms with Crippen molar-refractivity contribution in [2.75, 3.05) is 7.11 Å². The maximum absolute atomic E-state index is 9.43. The van der Waals surface area contributed by atoms with Crippen molar-refractivity contribution < 1.29 is 14.6 Å². The van der Waals surface area contributed by atoms with E-state index in [0.717, 1.165) is 22.4 Å². The van der Waals surface area contributed by atoms with Crippen molar-refractivity contribution >= 4 is 15.9 Å². The van der Waals surface area contributed by atoms with Gasteiger partial charge in [0.25, 0.3) is 0 Å². The topological polar surface area (TPSA) is 56.5 Å². The number of hydrogen-bond acceptors (Lipinski definition) is 4. The third-order valence-electron chi connectivity index (χ3n) is 3.26. The Bertz CT molecular complexity index is 626. The Morgan fingerprint density at radius 3 is 2.76 bits per heavy atom. The molecule has 1 aromatic heterocycles. The van der Waals surface area contributed by atoms with Crippen LogP contribution in [-0.2, 0) is 19.8 Å². The van der Waals surface area contributed by atoms with Gasteiger partial charge in [-0.1, -0.05) is 0 Å². The number of benzene rings is 1. The summed E-state index contributed by atoms with van der Waals surface area (Å²) in [7, 11) is 1.59. The standard InChI is InChI=1S/C15H19BrN2O3/c1-4-18-13(15(16)10(2)17-18)9-21-14-6-5-12(20-3)7-11(14)8-19/h5-7,19H,4,8-9H2,1-3H3. The number of methoxy groups -OCH3 is 1. The van der Waals surface area contributed by atoms with Crippen LogP contribution in [0.1, 0.15) is 23.9 Å². The van der Waals surface area contributed by atoms with Gasteiger partial charge in [0, 0.05) is 12.1 Å². The first-order chi connectivity index (χ1) is 10.1. The Hall–Kier alpha value is -1.53. The Balaban J connectivity index is 2.20. The van der Waals surface area contributed by atoms with Gasteiger partial charge < -0.3 is 14.6 Å². The first kappa shape index (κ1) is 15.9. The Labute approximate surface area is 132 Å². The monoisotopic (exact) mass is 354 g/mol. The molecule has 0 saturated carbocycles. The van der Waals surface area contributed by atoms with Crippen LogP contribution in [0.3, 0.4) is 0 Å². The molecule has 0 atom stereocenters. The van der Waals surface area contributed by atoms with Crippen molar-refractivity contribution in [1.29, 1.82) is 0 Å². The lowest BCUT2D eigenvalue weighted by molar-refractivity contribution is 0.253. The fourth-order valence-corrected chi connectivity index (χ4v) is 2.50. The van der Waals surface area contributed by atoms with E-state index in [1.54, 1.807) is 19.2 Å².